The minimum Gasteiger partial charge on any atom is -0.480 e. The van der Waals surface area contributed by atoms with Gasteiger partial charge in [0.15, 0.2) is 0 Å². The number of nitrogens with one attached hydrogen (secondary N) is 1. The van der Waals surface area contributed by atoms with Crippen LogP contribution in [0.3, 0.4) is 0 Å². The van der Waals surface area contributed by atoms with Crippen molar-refractivity contribution in [2.75, 3.05) is 19.7 Å². The fraction of sp³-hybridized carbons (Fsp3) is 0.231. The SMILES string of the molecule is C#CCN(CC(=O)O)C(=O)C(Cc1cncs1)NC(=O)OCC1c2ccccc2-c2ccccc21. The molecular weight excluding hydrogens is 466 g/mol. The Morgan fingerprint density at radius 1 is 1.14 bits per heavy atom. The second kappa shape index (κ2) is 10.8. The van der Waals surface area contributed by atoms with Gasteiger partial charge in [0.05, 0.1) is 12.1 Å². The third kappa shape index (κ3) is 5.50. The quantitative estimate of drug-likeness (QED) is 0.447. The number of aromatic nitrogens is 1. The van der Waals surface area contributed by atoms with Gasteiger partial charge >= 0.3 is 12.1 Å². The Labute approximate surface area is 206 Å². The van der Waals surface area contributed by atoms with Crippen molar-refractivity contribution in [3.8, 4) is 23.5 Å². The minimum atomic E-state index is -1.20. The van der Waals surface area contributed by atoms with Gasteiger partial charge in [-0.1, -0.05) is 54.5 Å². The maximum Gasteiger partial charge on any atom is 0.407 e. The molecule has 3 aromatic rings. The van der Waals surface area contributed by atoms with E-state index in [-0.39, 0.29) is 25.5 Å². The lowest BCUT2D eigenvalue weighted by molar-refractivity contribution is -0.144. The number of amides is 2. The molecule has 0 radical (unpaired) electrons. The highest BCUT2D eigenvalue weighted by molar-refractivity contribution is 7.09. The fourth-order valence-corrected chi connectivity index (χ4v) is 4.87. The van der Waals surface area contributed by atoms with Crippen molar-refractivity contribution >= 4 is 29.3 Å². The highest BCUT2D eigenvalue weighted by Crippen LogP contribution is 2.44. The first-order valence-corrected chi connectivity index (χ1v) is 11.8. The number of hydrogen-bond acceptors (Lipinski definition) is 6. The third-order valence-corrected chi connectivity index (χ3v) is 6.54. The first-order chi connectivity index (χ1) is 17.0. The van der Waals surface area contributed by atoms with E-state index >= 15 is 0 Å². The number of nitrogens with zero attached hydrogens (tertiary/aromatic N) is 2. The summed E-state index contributed by atoms with van der Waals surface area (Å²) < 4.78 is 5.57. The number of alkyl carbamates (subject to hydrolysis) is 1. The number of carboxylic acid groups (broad SMARTS) is 1. The molecule has 0 fully saturated rings. The van der Waals surface area contributed by atoms with E-state index in [0.29, 0.717) is 0 Å². The molecule has 2 aromatic carbocycles. The lowest BCUT2D eigenvalue weighted by Gasteiger charge is -2.25. The van der Waals surface area contributed by atoms with E-state index in [9.17, 15) is 14.4 Å². The highest BCUT2D eigenvalue weighted by atomic mass is 32.1. The van der Waals surface area contributed by atoms with Gasteiger partial charge in [-0.15, -0.1) is 17.8 Å². The first-order valence-electron chi connectivity index (χ1n) is 10.9. The number of fused-ring (bicyclic) bond motifs is 3. The van der Waals surface area contributed by atoms with Gasteiger partial charge in [-0.3, -0.25) is 14.6 Å². The Morgan fingerprint density at radius 3 is 2.37 bits per heavy atom. The molecule has 8 nitrogen and oxygen atoms in total. The zero-order chi connectivity index (χ0) is 24.8. The van der Waals surface area contributed by atoms with Gasteiger partial charge in [-0.25, -0.2) is 4.79 Å². The van der Waals surface area contributed by atoms with Crippen molar-refractivity contribution in [1.29, 1.82) is 0 Å². The molecule has 1 atom stereocenters. The topological polar surface area (TPSA) is 109 Å². The molecule has 2 N–H and O–H groups in total. The van der Waals surface area contributed by atoms with Gasteiger partial charge in [0.25, 0.3) is 0 Å². The number of benzene rings is 2. The molecule has 178 valence electrons. The van der Waals surface area contributed by atoms with Gasteiger partial charge in [0, 0.05) is 23.4 Å². The molecular formula is C26H23N3O5S. The second-order valence-corrected chi connectivity index (χ2v) is 8.96. The van der Waals surface area contributed by atoms with Gasteiger partial charge < -0.3 is 20.1 Å². The van der Waals surface area contributed by atoms with Crippen LogP contribution in [0.4, 0.5) is 4.79 Å². The van der Waals surface area contributed by atoms with Gasteiger partial charge in [0.1, 0.15) is 19.2 Å². The highest BCUT2D eigenvalue weighted by Gasteiger charge is 2.31. The molecule has 2 amide bonds. The number of hydrogen-bond donors (Lipinski definition) is 2. The van der Waals surface area contributed by atoms with E-state index < -0.39 is 30.6 Å². The Hall–Kier alpha value is -4.16. The third-order valence-electron chi connectivity index (χ3n) is 5.74. The molecule has 1 heterocycles. The van der Waals surface area contributed by atoms with Crippen molar-refractivity contribution in [1.82, 2.24) is 15.2 Å². The molecule has 9 heteroatoms. The van der Waals surface area contributed by atoms with E-state index in [1.807, 2.05) is 48.5 Å². The number of ether oxygens (including phenoxy) is 1. The summed E-state index contributed by atoms with van der Waals surface area (Å²) in [6, 6.07) is 14.9. The van der Waals surface area contributed by atoms with E-state index in [2.05, 4.69) is 16.2 Å². The van der Waals surface area contributed by atoms with Crippen molar-refractivity contribution in [3.05, 3.63) is 76.2 Å². The summed E-state index contributed by atoms with van der Waals surface area (Å²) in [5.41, 5.74) is 5.96. The van der Waals surface area contributed by atoms with Crippen LogP contribution in [-0.4, -0.2) is 58.7 Å². The van der Waals surface area contributed by atoms with E-state index in [1.54, 1.807) is 11.7 Å². The Kier molecular flexibility index (Phi) is 7.43. The molecule has 1 aliphatic rings. The van der Waals surface area contributed by atoms with Crippen molar-refractivity contribution in [2.24, 2.45) is 0 Å². The van der Waals surface area contributed by atoms with Crippen LogP contribution in [0.2, 0.25) is 0 Å². The molecule has 35 heavy (non-hydrogen) atoms. The second-order valence-electron chi connectivity index (χ2n) is 7.99. The molecule has 1 aliphatic carbocycles. The smallest absolute Gasteiger partial charge is 0.407 e. The van der Waals surface area contributed by atoms with Crippen LogP contribution in [0.25, 0.3) is 11.1 Å². The van der Waals surface area contributed by atoms with E-state index in [1.165, 1.54) is 11.3 Å². The van der Waals surface area contributed by atoms with E-state index in [4.69, 9.17) is 16.3 Å². The fourth-order valence-electron chi connectivity index (χ4n) is 4.23. The molecule has 1 unspecified atom stereocenters. The Morgan fingerprint density at radius 2 is 1.80 bits per heavy atom. The van der Waals surface area contributed by atoms with Crippen LogP contribution in [0, 0.1) is 12.3 Å². The number of aliphatic carboxylic acids is 1. The number of carbonyl (C=O) groups excluding carboxylic acids is 2. The lowest BCUT2D eigenvalue weighted by Crippen LogP contribution is -2.51. The number of terminal acetylenes is 1. The summed E-state index contributed by atoms with van der Waals surface area (Å²) in [6.07, 6.45) is 6.27. The molecule has 0 bridgehead atoms. The predicted octanol–water partition coefficient (Wildman–Crippen LogP) is 3.14. The average Bonchev–Trinajstić information content (AvgIpc) is 3.47. The molecule has 0 saturated heterocycles. The summed E-state index contributed by atoms with van der Waals surface area (Å²) in [4.78, 5) is 42.9. The first kappa shape index (κ1) is 24.0. The summed E-state index contributed by atoms with van der Waals surface area (Å²) in [5, 5.41) is 11.8. The van der Waals surface area contributed by atoms with Gasteiger partial charge in [0.2, 0.25) is 5.91 Å². The van der Waals surface area contributed by atoms with Gasteiger partial charge in [-0.2, -0.15) is 0 Å². The maximum absolute atomic E-state index is 13.1. The monoisotopic (exact) mass is 489 g/mol. The zero-order valence-electron chi connectivity index (χ0n) is 18.7. The van der Waals surface area contributed by atoms with Crippen LogP contribution in [0.15, 0.2) is 60.2 Å². The molecule has 4 rings (SSSR count). The van der Waals surface area contributed by atoms with Crippen LogP contribution < -0.4 is 5.32 Å². The molecule has 0 saturated carbocycles. The standard InChI is InChI=1S/C26H23N3O5S/c1-2-11-29(14-24(30)31)25(32)23(12-17-13-27-16-35-17)28-26(33)34-15-22-20-9-5-3-7-18(20)19-8-4-6-10-21(19)22/h1,3-10,13,16,22-23H,11-12,14-15H2,(H,28,33)(H,30,31). The summed E-state index contributed by atoms with van der Waals surface area (Å²) in [7, 11) is 0. The van der Waals surface area contributed by atoms with Crippen LogP contribution >= 0.6 is 11.3 Å². The Balaban J connectivity index is 1.48. The van der Waals surface area contributed by atoms with Crippen LogP contribution in [0.5, 0.6) is 0 Å². The number of carbonyl (C=O) groups is 3. The maximum atomic E-state index is 13.1. The molecule has 0 spiro atoms. The molecule has 1 aromatic heterocycles. The number of rotatable bonds is 9. The summed E-state index contributed by atoms with van der Waals surface area (Å²) >= 11 is 1.32. The Bertz CT molecular complexity index is 1220. The summed E-state index contributed by atoms with van der Waals surface area (Å²) in [5.74, 6) is 0.353. The average molecular weight is 490 g/mol. The number of carboxylic acids is 1. The van der Waals surface area contributed by atoms with Crippen LogP contribution in [0.1, 0.15) is 21.9 Å². The minimum absolute atomic E-state index is 0.0878. The van der Waals surface area contributed by atoms with Crippen molar-refractivity contribution < 1.29 is 24.2 Å². The zero-order valence-corrected chi connectivity index (χ0v) is 19.5. The van der Waals surface area contributed by atoms with Crippen LogP contribution in [-0.2, 0) is 20.7 Å². The van der Waals surface area contributed by atoms with Crippen molar-refractivity contribution in [3.63, 3.8) is 0 Å². The predicted molar refractivity (Wildman–Crippen MR) is 131 cm³/mol. The van der Waals surface area contributed by atoms with Crippen molar-refractivity contribution in [2.45, 2.75) is 18.4 Å². The molecule has 0 aliphatic heterocycles. The normalized spacial score (nSPS) is 12.7. The summed E-state index contributed by atoms with van der Waals surface area (Å²) in [6.45, 7) is -0.685. The van der Waals surface area contributed by atoms with Gasteiger partial charge in [-0.05, 0) is 22.3 Å². The largest absolute Gasteiger partial charge is 0.480 e. The lowest BCUT2D eigenvalue weighted by atomic mass is 9.98. The number of thiazole rings is 1. The van der Waals surface area contributed by atoms with E-state index in [0.717, 1.165) is 32.0 Å².